The number of fused-ring (bicyclic) bond motifs is 2. The van der Waals surface area contributed by atoms with E-state index < -0.39 is 0 Å². The van der Waals surface area contributed by atoms with E-state index in [4.69, 9.17) is 4.74 Å². The maximum absolute atomic E-state index is 12.6. The molecule has 0 radical (unpaired) electrons. The summed E-state index contributed by atoms with van der Waals surface area (Å²) in [6, 6.07) is 0.753. The molecule has 3 aliphatic rings. The minimum Gasteiger partial charge on any atom is -0.376 e. The number of amides is 1. The van der Waals surface area contributed by atoms with E-state index in [0.29, 0.717) is 12.1 Å². The van der Waals surface area contributed by atoms with Gasteiger partial charge >= 0.3 is 0 Å². The predicted octanol–water partition coefficient (Wildman–Crippen LogP) is 2.22. The van der Waals surface area contributed by atoms with Crippen molar-refractivity contribution in [3.05, 3.63) is 21.4 Å². The molecule has 0 aromatic carbocycles. The third kappa shape index (κ3) is 2.70. The number of carbonyl (C=O) groups excluding carboxylic acids is 1. The van der Waals surface area contributed by atoms with E-state index >= 15 is 0 Å². The normalized spacial score (nSPS) is 31.6. The molecule has 3 heterocycles. The highest BCUT2D eigenvalue weighted by molar-refractivity contribution is 7.10. The molecule has 2 saturated heterocycles. The summed E-state index contributed by atoms with van der Waals surface area (Å²) in [6.45, 7) is 4.89. The smallest absolute Gasteiger partial charge is 0.252 e. The Bertz CT molecular complexity index is 571. The van der Waals surface area contributed by atoms with Crippen molar-refractivity contribution in [2.24, 2.45) is 0 Å². The maximum atomic E-state index is 12.6. The van der Waals surface area contributed by atoms with Crippen molar-refractivity contribution in [2.45, 2.75) is 57.2 Å². The Morgan fingerprint density at radius 1 is 1.36 bits per heavy atom. The van der Waals surface area contributed by atoms with Crippen LogP contribution in [0.4, 0.5) is 0 Å². The first kappa shape index (κ1) is 14.7. The van der Waals surface area contributed by atoms with Crippen LogP contribution in [-0.2, 0) is 17.6 Å². The molecule has 1 aromatic rings. The SMILES string of the molecule is C[C@H]1CN2C[C@H](NC(=O)c3csc4c3CCCC4)C[C@H]2CO1. The van der Waals surface area contributed by atoms with Gasteiger partial charge in [-0.25, -0.2) is 0 Å². The lowest BCUT2D eigenvalue weighted by Crippen LogP contribution is -2.45. The molecule has 2 fully saturated rings. The molecule has 1 amide bonds. The number of thiophene rings is 1. The van der Waals surface area contributed by atoms with Gasteiger partial charge < -0.3 is 10.1 Å². The van der Waals surface area contributed by atoms with Gasteiger partial charge in [0.2, 0.25) is 0 Å². The Morgan fingerprint density at radius 3 is 3.14 bits per heavy atom. The summed E-state index contributed by atoms with van der Waals surface area (Å²) in [5, 5.41) is 5.34. The molecule has 2 aliphatic heterocycles. The number of rotatable bonds is 2. The van der Waals surface area contributed by atoms with Gasteiger partial charge in [0.1, 0.15) is 0 Å². The highest BCUT2D eigenvalue weighted by atomic mass is 32.1. The average molecular weight is 320 g/mol. The fourth-order valence-electron chi connectivity index (χ4n) is 4.09. The van der Waals surface area contributed by atoms with Gasteiger partial charge in [0.15, 0.2) is 0 Å². The first-order valence-corrected chi connectivity index (χ1v) is 9.34. The summed E-state index contributed by atoms with van der Waals surface area (Å²) in [7, 11) is 0. The lowest BCUT2D eigenvalue weighted by molar-refractivity contribution is -0.0390. The summed E-state index contributed by atoms with van der Waals surface area (Å²) in [5.41, 5.74) is 2.26. The fraction of sp³-hybridized carbons (Fsp3) is 0.706. The minimum atomic E-state index is 0.137. The third-order valence-electron chi connectivity index (χ3n) is 5.23. The van der Waals surface area contributed by atoms with Crippen LogP contribution in [0.2, 0.25) is 0 Å². The molecule has 5 heteroatoms. The van der Waals surface area contributed by atoms with Gasteiger partial charge in [0.25, 0.3) is 5.91 Å². The van der Waals surface area contributed by atoms with Crippen molar-refractivity contribution >= 4 is 17.2 Å². The Morgan fingerprint density at radius 2 is 2.23 bits per heavy atom. The molecule has 22 heavy (non-hydrogen) atoms. The second kappa shape index (κ2) is 5.95. The average Bonchev–Trinajstić information content (AvgIpc) is 3.09. The quantitative estimate of drug-likeness (QED) is 0.908. The fourth-order valence-corrected chi connectivity index (χ4v) is 5.22. The van der Waals surface area contributed by atoms with Gasteiger partial charge in [0.05, 0.1) is 18.3 Å². The van der Waals surface area contributed by atoms with Crippen LogP contribution >= 0.6 is 11.3 Å². The molecule has 4 nitrogen and oxygen atoms in total. The van der Waals surface area contributed by atoms with Crippen LogP contribution in [0.5, 0.6) is 0 Å². The van der Waals surface area contributed by atoms with Crippen LogP contribution < -0.4 is 5.32 Å². The molecule has 120 valence electrons. The van der Waals surface area contributed by atoms with Crippen molar-refractivity contribution in [1.29, 1.82) is 0 Å². The number of aryl methyl sites for hydroxylation is 1. The van der Waals surface area contributed by atoms with Crippen LogP contribution in [0.3, 0.4) is 0 Å². The predicted molar refractivity (Wildman–Crippen MR) is 87.6 cm³/mol. The van der Waals surface area contributed by atoms with Crippen molar-refractivity contribution in [1.82, 2.24) is 10.2 Å². The molecule has 1 N–H and O–H groups in total. The standard InChI is InChI=1S/C17H24N2O2S/c1-11-7-19-8-12(6-13(19)9-21-11)18-17(20)15-10-22-16-5-3-2-4-14(15)16/h10-13H,2-9H2,1H3,(H,18,20)/t11-,12+,13-/m0/s1. The summed E-state index contributed by atoms with van der Waals surface area (Å²) in [6.07, 6.45) is 6.05. The van der Waals surface area contributed by atoms with Crippen LogP contribution in [0, 0.1) is 0 Å². The zero-order chi connectivity index (χ0) is 15.1. The second-order valence-corrected chi connectivity index (χ2v) is 7.88. The molecule has 0 bridgehead atoms. The monoisotopic (exact) mass is 320 g/mol. The van der Waals surface area contributed by atoms with Crippen molar-refractivity contribution in [3.63, 3.8) is 0 Å². The molecule has 1 aromatic heterocycles. The summed E-state index contributed by atoms with van der Waals surface area (Å²) in [4.78, 5) is 16.6. The van der Waals surface area contributed by atoms with Crippen LogP contribution in [0.15, 0.2) is 5.38 Å². The van der Waals surface area contributed by atoms with Gasteiger partial charge in [0, 0.05) is 35.4 Å². The van der Waals surface area contributed by atoms with Gasteiger partial charge in [-0.05, 0) is 44.6 Å². The number of ether oxygens (including phenoxy) is 1. The largest absolute Gasteiger partial charge is 0.376 e. The van der Waals surface area contributed by atoms with Crippen molar-refractivity contribution in [2.75, 3.05) is 19.7 Å². The zero-order valence-corrected chi connectivity index (χ0v) is 14.0. The van der Waals surface area contributed by atoms with Crippen LogP contribution in [0.1, 0.15) is 47.0 Å². The Hall–Kier alpha value is -0.910. The number of morpholine rings is 1. The highest BCUT2D eigenvalue weighted by Crippen LogP contribution is 2.30. The van der Waals surface area contributed by atoms with E-state index in [1.165, 1.54) is 23.3 Å². The zero-order valence-electron chi connectivity index (χ0n) is 13.1. The topological polar surface area (TPSA) is 41.6 Å². The van der Waals surface area contributed by atoms with Crippen molar-refractivity contribution in [3.8, 4) is 0 Å². The lowest BCUT2D eigenvalue weighted by Gasteiger charge is -2.33. The van der Waals surface area contributed by atoms with E-state index in [9.17, 15) is 4.79 Å². The third-order valence-corrected chi connectivity index (χ3v) is 6.32. The summed E-state index contributed by atoms with van der Waals surface area (Å²) < 4.78 is 5.74. The molecule has 0 spiro atoms. The molecular weight excluding hydrogens is 296 g/mol. The molecule has 1 aliphatic carbocycles. The molecule has 4 rings (SSSR count). The summed E-state index contributed by atoms with van der Waals surface area (Å²) in [5.74, 6) is 0.137. The Balaban J connectivity index is 1.41. The molecular formula is C17H24N2O2S. The van der Waals surface area contributed by atoms with E-state index in [2.05, 4.69) is 22.5 Å². The number of hydrogen-bond donors (Lipinski definition) is 1. The Kier molecular flexibility index (Phi) is 3.96. The first-order valence-electron chi connectivity index (χ1n) is 8.46. The molecule has 3 atom stereocenters. The number of nitrogens with zero attached hydrogens (tertiary/aromatic N) is 1. The number of hydrogen-bond acceptors (Lipinski definition) is 4. The maximum Gasteiger partial charge on any atom is 0.252 e. The lowest BCUT2D eigenvalue weighted by atomic mass is 9.95. The molecule has 0 saturated carbocycles. The van der Waals surface area contributed by atoms with Gasteiger partial charge in [-0.3, -0.25) is 9.69 Å². The van der Waals surface area contributed by atoms with E-state index in [0.717, 1.165) is 44.5 Å². The van der Waals surface area contributed by atoms with Gasteiger partial charge in [-0.2, -0.15) is 0 Å². The van der Waals surface area contributed by atoms with E-state index in [1.807, 2.05) is 0 Å². The van der Waals surface area contributed by atoms with Gasteiger partial charge in [-0.1, -0.05) is 0 Å². The van der Waals surface area contributed by atoms with Crippen LogP contribution in [-0.4, -0.2) is 48.7 Å². The first-order chi connectivity index (χ1) is 10.7. The van der Waals surface area contributed by atoms with E-state index in [-0.39, 0.29) is 11.9 Å². The van der Waals surface area contributed by atoms with E-state index in [1.54, 1.807) is 11.3 Å². The van der Waals surface area contributed by atoms with Gasteiger partial charge in [-0.15, -0.1) is 11.3 Å². The highest BCUT2D eigenvalue weighted by Gasteiger charge is 2.37. The van der Waals surface area contributed by atoms with Crippen LogP contribution in [0.25, 0.3) is 0 Å². The Labute approximate surface area is 135 Å². The minimum absolute atomic E-state index is 0.137. The van der Waals surface area contributed by atoms with Crippen molar-refractivity contribution < 1.29 is 9.53 Å². The second-order valence-electron chi connectivity index (χ2n) is 6.92. The molecule has 0 unspecified atom stereocenters. The number of carbonyl (C=O) groups is 1. The summed E-state index contributed by atoms with van der Waals surface area (Å²) >= 11 is 1.77. The number of nitrogens with one attached hydrogen (secondary N) is 1.